The van der Waals surface area contributed by atoms with Crippen LogP contribution in [0.15, 0.2) is 48.5 Å². The summed E-state index contributed by atoms with van der Waals surface area (Å²) in [6, 6.07) is 16.4. The summed E-state index contributed by atoms with van der Waals surface area (Å²) in [4.78, 5) is 36.6. The van der Waals surface area contributed by atoms with E-state index in [1.165, 1.54) is 22.3 Å². The fraction of sp³-hybridized carbons (Fsp3) is 0.464. The van der Waals surface area contributed by atoms with E-state index in [9.17, 15) is 19.5 Å². The van der Waals surface area contributed by atoms with E-state index in [2.05, 4.69) is 34.9 Å². The Morgan fingerprint density at radius 2 is 1.57 bits per heavy atom. The first kappa shape index (κ1) is 23.4. The van der Waals surface area contributed by atoms with Crippen LogP contribution in [0.2, 0.25) is 0 Å². The van der Waals surface area contributed by atoms with Gasteiger partial charge in [0, 0.05) is 18.4 Å². The fourth-order valence-corrected chi connectivity index (χ4v) is 5.88. The molecular weight excluding hydrogens is 444 g/mol. The Kier molecular flexibility index (Phi) is 6.50. The second kappa shape index (κ2) is 9.72. The van der Waals surface area contributed by atoms with E-state index in [0.717, 1.165) is 19.3 Å². The van der Waals surface area contributed by atoms with Crippen molar-refractivity contribution < 1.29 is 24.2 Å². The Bertz CT molecular complexity index is 1080. The first-order chi connectivity index (χ1) is 17.0. The van der Waals surface area contributed by atoms with E-state index in [0.29, 0.717) is 25.8 Å². The number of fused-ring (bicyclic) bond motifs is 3. The number of benzene rings is 2. The molecule has 0 saturated heterocycles. The Morgan fingerprint density at radius 1 is 0.943 bits per heavy atom. The molecule has 2 aromatic rings. The maximum atomic E-state index is 12.8. The summed E-state index contributed by atoms with van der Waals surface area (Å²) in [5, 5.41) is 15.2. The molecule has 5 rings (SSSR count). The van der Waals surface area contributed by atoms with Crippen LogP contribution in [0.4, 0.5) is 4.79 Å². The van der Waals surface area contributed by atoms with Crippen molar-refractivity contribution in [3.63, 3.8) is 0 Å². The second-order valence-corrected chi connectivity index (χ2v) is 10.2. The zero-order valence-electron chi connectivity index (χ0n) is 19.8. The average Bonchev–Trinajstić information content (AvgIpc) is 3.57. The van der Waals surface area contributed by atoms with Gasteiger partial charge in [0.05, 0.1) is 12.0 Å². The first-order valence-electron chi connectivity index (χ1n) is 12.6. The zero-order valence-corrected chi connectivity index (χ0v) is 19.8. The lowest BCUT2D eigenvalue weighted by atomic mass is 9.79. The summed E-state index contributed by atoms with van der Waals surface area (Å²) in [5.41, 5.74) is 4.07. The van der Waals surface area contributed by atoms with Crippen LogP contribution in [0, 0.1) is 11.8 Å². The van der Waals surface area contributed by atoms with E-state index < -0.39 is 17.6 Å². The number of carboxylic acid groups (broad SMARTS) is 1. The molecule has 7 heteroatoms. The number of hydrogen-bond donors (Lipinski definition) is 3. The van der Waals surface area contributed by atoms with Crippen LogP contribution in [0.25, 0.3) is 11.1 Å². The van der Waals surface area contributed by atoms with Gasteiger partial charge < -0.3 is 20.5 Å². The van der Waals surface area contributed by atoms with Crippen LogP contribution in [-0.4, -0.2) is 41.8 Å². The molecule has 0 heterocycles. The van der Waals surface area contributed by atoms with E-state index in [4.69, 9.17) is 4.74 Å². The first-order valence-corrected chi connectivity index (χ1v) is 12.6. The van der Waals surface area contributed by atoms with Crippen molar-refractivity contribution in [3.8, 4) is 11.1 Å². The van der Waals surface area contributed by atoms with Crippen LogP contribution in [-0.2, 0) is 14.3 Å². The van der Waals surface area contributed by atoms with Crippen molar-refractivity contribution in [2.45, 2.75) is 56.4 Å². The standard InChI is InChI=1S/C28H32N2O5/c31-25(32)15-28(12-6-1-7-13-28)30-26(33)23-14-18(23)16-29-27(34)35-17-24-21-10-4-2-8-19(21)20-9-3-5-11-22(20)24/h2-5,8-11,18,23-24H,1,6-7,12-17H2,(H,29,34)(H,30,33)(H,31,32)/t18-,23-/m1/s1. The minimum Gasteiger partial charge on any atom is -0.481 e. The number of alkyl carbamates (subject to hydrolysis) is 1. The highest BCUT2D eigenvalue weighted by molar-refractivity contribution is 5.83. The highest BCUT2D eigenvalue weighted by Crippen LogP contribution is 2.44. The smallest absolute Gasteiger partial charge is 0.407 e. The van der Waals surface area contributed by atoms with E-state index in [-0.39, 0.29) is 36.7 Å². The second-order valence-electron chi connectivity index (χ2n) is 10.2. The molecule has 0 aliphatic heterocycles. The summed E-state index contributed by atoms with van der Waals surface area (Å²) in [6.45, 7) is 0.632. The number of nitrogens with one attached hydrogen (secondary N) is 2. The molecule has 0 radical (unpaired) electrons. The summed E-state index contributed by atoms with van der Waals surface area (Å²) >= 11 is 0. The van der Waals surface area contributed by atoms with Gasteiger partial charge >= 0.3 is 12.1 Å². The topological polar surface area (TPSA) is 105 Å². The van der Waals surface area contributed by atoms with Crippen molar-refractivity contribution in [2.24, 2.45) is 11.8 Å². The minimum atomic E-state index is -0.878. The number of aliphatic carboxylic acids is 1. The molecule has 0 unspecified atom stereocenters. The number of amides is 2. The molecule has 184 valence electrons. The third-order valence-corrected chi connectivity index (χ3v) is 7.80. The molecule has 2 saturated carbocycles. The summed E-state index contributed by atoms with van der Waals surface area (Å²) in [6.07, 6.45) is 4.55. The number of carbonyl (C=O) groups is 3. The highest BCUT2D eigenvalue weighted by atomic mass is 16.5. The Hall–Kier alpha value is -3.35. The van der Waals surface area contributed by atoms with Crippen LogP contribution in [0.1, 0.15) is 62.0 Å². The quantitative estimate of drug-likeness (QED) is 0.522. The molecular formula is C28H32N2O5. The number of hydrogen-bond acceptors (Lipinski definition) is 4. The normalized spacial score (nSPS) is 21.9. The Balaban J connectivity index is 1.10. The molecule has 2 atom stereocenters. The van der Waals surface area contributed by atoms with Gasteiger partial charge in [-0.1, -0.05) is 67.8 Å². The molecule has 35 heavy (non-hydrogen) atoms. The number of carboxylic acids is 1. The maximum absolute atomic E-state index is 12.8. The monoisotopic (exact) mass is 476 g/mol. The van der Waals surface area contributed by atoms with Gasteiger partial charge in [0.25, 0.3) is 0 Å². The molecule has 0 bridgehead atoms. The van der Waals surface area contributed by atoms with Crippen molar-refractivity contribution in [1.82, 2.24) is 10.6 Å². The number of rotatable bonds is 8. The number of ether oxygens (including phenoxy) is 1. The van der Waals surface area contributed by atoms with Gasteiger partial charge in [-0.25, -0.2) is 4.79 Å². The van der Waals surface area contributed by atoms with Crippen molar-refractivity contribution >= 4 is 18.0 Å². The molecule has 7 nitrogen and oxygen atoms in total. The molecule has 3 N–H and O–H groups in total. The molecule has 0 aromatic heterocycles. The van der Waals surface area contributed by atoms with Crippen LogP contribution in [0.3, 0.4) is 0 Å². The minimum absolute atomic E-state index is 0.00789. The predicted molar refractivity (Wildman–Crippen MR) is 131 cm³/mol. The molecule has 2 aromatic carbocycles. The van der Waals surface area contributed by atoms with Crippen LogP contribution >= 0.6 is 0 Å². The van der Waals surface area contributed by atoms with Gasteiger partial charge in [-0.15, -0.1) is 0 Å². The molecule has 0 spiro atoms. The average molecular weight is 477 g/mol. The Labute approximate surface area is 205 Å². The molecule has 3 aliphatic rings. The summed E-state index contributed by atoms with van der Waals surface area (Å²) in [7, 11) is 0. The van der Waals surface area contributed by atoms with Crippen molar-refractivity contribution in [3.05, 3.63) is 59.7 Å². The third-order valence-electron chi connectivity index (χ3n) is 7.80. The largest absolute Gasteiger partial charge is 0.481 e. The van der Waals surface area contributed by atoms with E-state index in [1.807, 2.05) is 24.3 Å². The molecule has 3 aliphatic carbocycles. The van der Waals surface area contributed by atoms with Gasteiger partial charge in [0.15, 0.2) is 0 Å². The lowest BCUT2D eigenvalue weighted by Gasteiger charge is -2.37. The van der Waals surface area contributed by atoms with Gasteiger partial charge in [-0.05, 0) is 47.4 Å². The third kappa shape index (κ3) is 5.04. The molecule has 2 fully saturated rings. The van der Waals surface area contributed by atoms with E-state index in [1.54, 1.807) is 0 Å². The maximum Gasteiger partial charge on any atom is 0.407 e. The lowest BCUT2D eigenvalue weighted by Crippen LogP contribution is -2.51. The summed E-state index contributed by atoms with van der Waals surface area (Å²) in [5.74, 6) is -1.09. The van der Waals surface area contributed by atoms with Crippen molar-refractivity contribution in [1.29, 1.82) is 0 Å². The van der Waals surface area contributed by atoms with Crippen LogP contribution < -0.4 is 10.6 Å². The zero-order chi connectivity index (χ0) is 24.4. The van der Waals surface area contributed by atoms with Gasteiger partial charge in [0.2, 0.25) is 5.91 Å². The van der Waals surface area contributed by atoms with Gasteiger partial charge in [-0.3, -0.25) is 9.59 Å². The highest BCUT2D eigenvalue weighted by Gasteiger charge is 2.46. The van der Waals surface area contributed by atoms with Crippen LogP contribution in [0.5, 0.6) is 0 Å². The SMILES string of the molecule is O=C(O)CC1(NC(=O)[C@@H]2C[C@@H]2CNC(=O)OCC2c3ccccc3-c3ccccc32)CCCCC1. The fourth-order valence-electron chi connectivity index (χ4n) is 5.88. The Morgan fingerprint density at radius 3 is 2.20 bits per heavy atom. The van der Waals surface area contributed by atoms with E-state index >= 15 is 0 Å². The predicted octanol–water partition coefficient (Wildman–Crippen LogP) is 4.46. The van der Waals surface area contributed by atoms with Gasteiger partial charge in [-0.2, -0.15) is 0 Å². The van der Waals surface area contributed by atoms with Crippen molar-refractivity contribution in [2.75, 3.05) is 13.2 Å². The lowest BCUT2D eigenvalue weighted by molar-refractivity contribution is -0.139. The summed E-state index contributed by atoms with van der Waals surface area (Å²) < 4.78 is 5.58. The molecule has 2 amide bonds. The van der Waals surface area contributed by atoms with Gasteiger partial charge in [0.1, 0.15) is 6.61 Å². The number of carbonyl (C=O) groups excluding carboxylic acids is 2.